The Morgan fingerprint density at radius 2 is 2.24 bits per heavy atom. The number of anilines is 1. The SMILES string of the molecule is c1cnc2ccc(NCc3cnco3)cc2c1. The number of pyridine rings is 1. The summed E-state index contributed by atoms with van der Waals surface area (Å²) in [6.07, 6.45) is 4.93. The fourth-order valence-corrected chi connectivity index (χ4v) is 1.70. The van der Waals surface area contributed by atoms with Crippen molar-refractivity contribution in [3.05, 3.63) is 54.9 Å². The Kier molecular flexibility index (Phi) is 2.46. The summed E-state index contributed by atoms with van der Waals surface area (Å²) in [7, 11) is 0. The molecule has 1 aromatic carbocycles. The van der Waals surface area contributed by atoms with E-state index in [1.54, 1.807) is 12.4 Å². The van der Waals surface area contributed by atoms with Crippen LogP contribution in [0, 0.1) is 0 Å². The summed E-state index contributed by atoms with van der Waals surface area (Å²) < 4.78 is 5.16. The zero-order chi connectivity index (χ0) is 11.5. The van der Waals surface area contributed by atoms with E-state index in [1.165, 1.54) is 6.39 Å². The molecule has 0 spiro atoms. The Morgan fingerprint density at radius 3 is 3.12 bits per heavy atom. The van der Waals surface area contributed by atoms with Crippen LogP contribution in [0.2, 0.25) is 0 Å². The minimum absolute atomic E-state index is 0.631. The molecule has 1 N–H and O–H groups in total. The van der Waals surface area contributed by atoms with E-state index in [4.69, 9.17) is 4.42 Å². The lowest BCUT2D eigenvalue weighted by atomic mass is 10.2. The Labute approximate surface area is 98.3 Å². The summed E-state index contributed by atoms with van der Waals surface area (Å²) in [5, 5.41) is 4.40. The van der Waals surface area contributed by atoms with Crippen LogP contribution < -0.4 is 5.32 Å². The van der Waals surface area contributed by atoms with Gasteiger partial charge in [0.2, 0.25) is 0 Å². The summed E-state index contributed by atoms with van der Waals surface area (Å²) in [6.45, 7) is 0.631. The monoisotopic (exact) mass is 225 g/mol. The first-order valence-electron chi connectivity index (χ1n) is 5.38. The Balaban J connectivity index is 1.81. The molecule has 0 aliphatic carbocycles. The molecule has 17 heavy (non-hydrogen) atoms. The van der Waals surface area contributed by atoms with Gasteiger partial charge < -0.3 is 9.73 Å². The molecule has 4 nitrogen and oxygen atoms in total. The van der Waals surface area contributed by atoms with Crippen molar-refractivity contribution in [2.75, 3.05) is 5.32 Å². The number of hydrogen-bond acceptors (Lipinski definition) is 4. The van der Waals surface area contributed by atoms with E-state index in [9.17, 15) is 0 Å². The minimum Gasteiger partial charge on any atom is -0.447 e. The molecule has 4 heteroatoms. The van der Waals surface area contributed by atoms with Gasteiger partial charge in [0, 0.05) is 17.3 Å². The third kappa shape index (κ3) is 2.10. The van der Waals surface area contributed by atoms with Crippen LogP contribution in [0.3, 0.4) is 0 Å². The highest BCUT2D eigenvalue weighted by Gasteiger charge is 1.98. The number of hydrogen-bond donors (Lipinski definition) is 1. The van der Waals surface area contributed by atoms with Crippen LogP contribution in [0.4, 0.5) is 5.69 Å². The maximum Gasteiger partial charge on any atom is 0.180 e. The molecule has 0 aliphatic rings. The van der Waals surface area contributed by atoms with Gasteiger partial charge in [0.25, 0.3) is 0 Å². The van der Waals surface area contributed by atoms with Crippen molar-refractivity contribution in [1.82, 2.24) is 9.97 Å². The van der Waals surface area contributed by atoms with Gasteiger partial charge in [-0.15, -0.1) is 0 Å². The summed E-state index contributed by atoms with van der Waals surface area (Å²) in [6, 6.07) is 10.0. The van der Waals surface area contributed by atoms with Crippen LogP contribution in [-0.2, 0) is 6.54 Å². The number of nitrogens with one attached hydrogen (secondary N) is 1. The molecule has 0 amide bonds. The second-order valence-electron chi connectivity index (χ2n) is 3.73. The number of oxazole rings is 1. The fourth-order valence-electron chi connectivity index (χ4n) is 1.70. The fraction of sp³-hybridized carbons (Fsp3) is 0.0769. The first-order valence-corrected chi connectivity index (χ1v) is 5.38. The van der Waals surface area contributed by atoms with Crippen LogP contribution >= 0.6 is 0 Å². The van der Waals surface area contributed by atoms with E-state index in [-0.39, 0.29) is 0 Å². The van der Waals surface area contributed by atoms with Crippen molar-refractivity contribution in [2.24, 2.45) is 0 Å². The average Bonchev–Trinajstić information content (AvgIpc) is 2.89. The largest absolute Gasteiger partial charge is 0.447 e. The van der Waals surface area contributed by atoms with E-state index in [0.29, 0.717) is 6.54 Å². The summed E-state index contributed by atoms with van der Waals surface area (Å²) in [5.74, 6) is 0.816. The van der Waals surface area contributed by atoms with E-state index in [2.05, 4.69) is 21.4 Å². The molecular formula is C13H11N3O. The maximum atomic E-state index is 5.16. The van der Waals surface area contributed by atoms with Crippen molar-refractivity contribution in [3.8, 4) is 0 Å². The normalized spacial score (nSPS) is 10.6. The minimum atomic E-state index is 0.631. The third-order valence-electron chi connectivity index (χ3n) is 2.55. The second-order valence-corrected chi connectivity index (χ2v) is 3.73. The van der Waals surface area contributed by atoms with Gasteiger partial charge in [-0.05, 0) is 24.3 Å². The molecule has 0 aliphatic heterocycles. The molecule has 0 bridgehead atoms. The highest BCUT2D eigenvalue weighted by Crippen LogP contribution is 2.17. The first-order chi connectivity index (χ1) is 8.42. The molecule has 3 rings (SSSR count). The predicted octanol–water partition coefficient (Wildman–Crippen LogP) is 2.83. The average molecular weight is 225 g/mol. The smallest absolute Gasteiger partial charge is 0.180 e. The topological polar surface area (TPSA) is 51.0 Å². The van der Waals surface area contributed by atoms with Crippen molar-refractivity contribution < 1.29 is 4.42 Å². The summed E-state index contributed by atoms with van der Waals surface area (Å²) in [4.78, 5) is 8.14. The van der Waals surface area contributed by atoms with Gasteiger partial charge in [-0.1, -0.05) is 6.07 Å². The molecule has 0 saturated carbocycles. The van der Waals surface area contributed by atoms with Gasteiger partial charge in [0.15, 0.2) is 6.39 Å². The van der Waals surface area contributed by atoms with Crippen molar-refractivity contribution in [1.29, 1.82) is 0 Å². The highest BCUT2D eigenvalue weighted by atomic mass is 16.3. The van der Waals surface area contributed by atoms with Crippen LogP contribution in [0.25, 0.3) is 10.9 Å². The molecule has 0 atom stereocenters. The van der Waals surface area contributed by atoms with Crippen molar-refractivity contribution in [2.45, 2.75) is 6.54 Å². The summed E-state index contributed by atoms with van der Waals surface area (Å²) >= 11 is 0. The van der Waals surface area contributed by atoms with Crippen LogP contribution in [-0.4, -0.2) is 9.97 Å². The predicted molar refractivity (Wildman–Crippen MR) is 65.6 cm³/mol. The van der Waals surface area contributed by atoms with Gasteiger partial charge in [0.1, 0.15) is 5.76 Å². The standard InChI is InChI=1S/C13H11N3O/c1-2-10-6-11(3-4-13(10)15-5-1)16-8-12-7-14-9-17-12/h1-7,9,16H,8H2. The second kappa shape index (κ2) is 4.25. The van der Waals surface area contributed by atoms with E-state index < -0.39 is 0 Å². The number of nitrogens with zero attached hydrogens (tertiary/aromatic N) is 2. The summed E-state index contributed by atoms with van der Waals surface area (Å²) in [5.41, 5.74) is 2.04. The Morgan fingerprint density at radius 1 is 1.24 bits per heavy atom. The lowest BCUT2D eigenvalue weighted by molar-refractivity contribution is 0.512. The molecule has 3 aromatic rings. The van der Waals surface area contributed by atoms with Crippen molar-refractivity contribution in [3.63, 3.8) is 0 Å². The van der Waals surface area contributed by atoms with Gasteiger partial charge in [-0.2, -0.15) is 0 Å². The molecule has 84 valence electrons. The first kappa shape index (κ1) is 9.84. The van der Waals surface area contributed by atoms with Gasteiger partial charge in [-0.25, -0.2) is 4.98 Å². The molecule has 0 radical (unpaired) electrons. The lowest BCUT2D eigenvalue weighted by Gasteiger charge is -2.05. The van der Waals surface area contributed by atoms with Gasteiger partial charge >= 0.3 is 0 Å². The molecule has 2 heterocycles. The van der Waals surface area contributed by atoms with Crippen LogP contribution in [0.5, 0.6) is 0 Å². The molecule has 0 saturated heterocycles. The quantitative estimate of drug-likeness (QED) is 0.744. The zero-order valence-corrected chi connectivity index (χ0v) is 9.13. The lowest BCUT2D eigenvalue weighted by Crippen LogP contribution is -1.97. The zero-order valence-electron chi connectivity index (χ0n) is 9.13. The number of rotatable bonds is 3. The van der Waals surface area contributed by atoms with Crippen molar-refractivity contribution >= 4 is 16.6 Å². The number of benzene rings is 1. The van der Waals surface area contributed by atoms with E-state index >= 15 is 0 Å². The third-order valence-corrected chi connectivity index (χ3v) is 2.55. The molecular weight excluding hydrogens is 214 g/mol. The number of fused-ring (bicyclic) bond motifs is 1. The Bertz CT molecular complexity index is 619. The Hall–Kier alpha value is -2.36. The maximum absolute atomic E-state index is 5.16. The van der Waals surface area contributed by atoms with Crippen LogP contribution in [0.1, 0.15) is 5.76 Å². The molecule has 0 fully saturated rings. The van der Waals surface area contributed by atoms with Gasteiger partial charge in [0.05, 0.1) is 18.3 Å². The molecule has 0 unspecified atom stereocenters. The van der Waals surface area contributed by atoms with Gasteiger partial charge in [-0.3, -0.25) is 4.98 Å². The van der Waals surface area contributed by atoms with E-state index in [0.717, 1.165) is 22.4 Å². The van der Waals surface area contributed by atoms with Crippen LogP contribution in [0.15, 0.2) is 53.5 Å². The highest BCUT2D eigenvalue weighted by molar-refractivity contribution is 5.82. The number of aromatic nitrogens is 2. The van der Waals surface area contributed by atoms with E-state index in [1.807, 2.05) is 24.3 Å². The molecule has 2 aromatic heterocycles.